The maximum atomic E-state index is 11.6. The predicted molar refractivity (Wildman–Crippen MR) is 152 cm³/mol. The highest BCUT2D eigenvalue weighted by molar-refractivity contribution is 6.35. The van der Waals surface area contributed by atoms with Crippen LogP contribution in [0.5, 0.6) is 0 Å². The Hall–Kier alpha value is -6.58. The quantitative estimate of drug-likeness (QED) is 0.129. The highest BCUT2D eigenvalue weighted by Gasteiger charge is 2.12. The number of amides is 2. The largest absolute Gasteiger partial charge is 0.478 e. The number of nitrogens with one attached hydrogen (secondary N) is 2. The molecule has 0 aliphatic rings. The van der Waals surface area contributed by atoms with Gasteiger partial charge in [0.2, 0.25) is 0 Å². The Morgan fingerprint density at radius 3 is 1.20 bits per heavy atom. The molecule has 2 aromatic heterocycles. The second-order valence-electron chi connectivity index (χ2n) is 8.31. The molecule has 16 nitrogen and oxygen atoms in total. The highest BCUT2D eigenvalue weighted by atomic mass is 16.6. The molecule has 0 radical (unpaired) electrons. The van der Waals surface area contributed by atoms with Crippen LogP contribution in [0, 0.1) is 20.2 Å². The summed E-state index contributed by atoms with van der Waals surface area (Å²) in [5.74, 6) is -3.52. The molecule has 0 fully saturated rings. The van der Waals surface area contributed by atoms with Crippen LogP contribution in [0.3, 0.4) is 0 Å². The third-order valence-electron chi connectivity index (χ3n) is 5.21. The van der Waals surface area contributed by atoms with Crippen LogP contribution in [-0.4, -0.2) is 53.8 Å². The summed E-state index contributed by atoms with van der Waals surface area (Å²) in [4.78, 5) is 70.8. The zero-order valence-corrected chi connectivity index (χ0v) is 22.6. The Labute approximate surface area is 248 Å². The van der Waals surface area contributed by atoms with Gasteiger partial charge in [0.15, 0.2) is 0 Å². The van der Waals surface area contributed by atoms with Crippen molar-refractivity contribution < 1.29 is 39.2 Å². The second-order valence-corrected chi connectivity index (χ2v) is 8.31. The molecule has 4 aromatic rings. The molecule has 226 valence electrons. The maximum Gasteiger partial charge on any atom is 0.335 e. The van der Waals surface area contributed by atoms with Crippen molar-refractivity contribution in [2.24, 2.45) is 0 Å². The van der Waals surface area contributed by atoms with Gasteiger partial charge in [-0.25, -0.2) is 9.59 Å². The van der Waals surface area contributed by atoms with Crippen molar-refractivity contribution in [2.75, 3.05) is 0 Å². The van der Waals surface area contributed by atoms with Crippen LogP contribution >= 0.6 is 0 Å². The van der Waals surface area contributed by atoms with Gasteiger partial charge in [0, 0.05) is 62.1 Å². The number of nitro benzene ring substituents is 2. The topological polar surface area (TPSA) is 245 Å². The Balaban J connectivity index is 0.000000244. The molecule has 16 heteroatoms. The summed E-state index contributed by atoms with van der Waals surface area (Å²) >= 11 is 0. The monoisotopic (exact) mass is 604 g/mol. The Morgan fingerprint density at radius 1 is 0.614 bits per heavy atom. The number of rotatable bonds is 8. The minimum Gasteiger partial charge on any atom is -0.478 e. The minimum absolute atomic E-state index is 0.0422. The lowest BCUT2D eigenvalue weighted by Crippen LogP contribution is -2.39. The molecule has 2 heterocycles. The van der Waals surface area contributed by atoms with Crippen molar-refractivity contribution in [3.63, 3.8) is 0 Å². The van der Waals surface area contributed by atoms with Crippen molar-refractivity contribution in [1.82, 2.24) is 20.6 Å². The number of carboxylic acid groups (broad SMARTS) is 2. The lowest BCUT2D eigenvalue weighted by molar-refractivity contribution is -0.385. The lowest BCUT2D eigenvalue weighted by atomic mass is 10.2. The summed E-state index contributed by atoms with van der Waals surface area (Å²) in [6, 6.07) is 16.6. The number of nitro groups is 2. The third kappa shape index (κ3) is 11.9. The number of non-ortho nitro benzene ring substituents is 2. The van der Waals surface area contributed by atoms with E-state index in [-0.39, 0.29) is 35.6 Å². The van der Waals surface area contributed by atoms with E-state index < -0.39 is 33.6 Å². The number of carbonyl (C=O) groups is 4. The zero-order valence-electron chi connectivity index (χ0n) is 22.6. The molecule has 2 amide bonds. The first-order chi connectivity index (χ1) is 21.0. The predicted octanol–water partition coefficient (Wildman–Crippen LogP) is 3.00. The van der Waals surface area contributed by atoms with E-state index in [1.807, 2.05) is 12.1 Å². The minimum atomic E-state index is -1.09. The molecule has 4 rings (SSSR count). The summed E-state index contributed by atoms with van der Waals surface area (Å²) < 4.78 is 0. The normalized spacial score (nSPS) is 9.55. The first-order valence-electron chi connectivity index (χ1n) is 12.3. The van der Waals surface area contributed by atoms with Gasteiger partial charge in [0.05, 0.1) is 21.0 Å². The third-order valence-corrected chi connectivity index (χ3v) is 5.21. The SMILES string of the molecule is O=C(NCc1cccnc1)C(=O)NCc1cccnc1.O=C(O)c1ccc([N+](=O)[O-])cc1.O=C(O)c1ccc([N+](=O)[O-])cc1. The number of carboxylic acids is 2. The number of aromatic carboxylic acids is 2. The Kier molecular flexibility index (Phi) is 13.2. The zero-order chi connectivity index (χ0) is 32.5. The average Bonchev–Trinajstić information content (AvgIpc) is 3.04. The fourth-order valence-electron chi connectivity index (χ4n) is 2.98. The van der Waals surface area contributed by atoms with Gasteiger partial charge in [0.25, 0.3) is 11.4 Å². The molecule has 0 unspecified atom stereocenters. The molecule has 0 aliphatic carbocycles. The first-order valence-corrected chi connectivity index (χ1v) is 12.3. The van der Waals surface area contributed by atoms with Gasteiger partial charge < -0.3 is 20.8 Å². The summed E-state index contributed by atoms with van der Waals surface area (Å²) in [7, 11) is 0. The maximum absolute atomic E-state index is 11.6. The molecule has 0 spiro atoms. The number of pyridine rings is 2. The summed E-state index contributed by atoms with van der Waals surface area (Å²) in [5, 5.41) is 42.2. The average molecular weight is 605 g/mol. The molecule has 0 saturated heterocycles. The molecule has 0 bridgehead atoms. The number of hydrogen-bond acceptors (Lipinski definition) is 10. The Bertz CT molecular complexity index is 1400. The molecular weight excluding hydrogens is 580 g/mol. The van der Waals surface area contributed by atoms with Crippen molar-refractivity contribution >= 4 is 35.1 Å². The lowest BCUT2D eigenvalue weighted by Gasteiger charge is -2.06. The van der Waals surface area contributed by atoms with E-state index in [9.17, 15) is 39.4 Å². The van der Waals surface area contributed by atoms with Crippen molar-refractivity contribution in [2.45, 2.75) is 13.1 Å². The van der Waals surface area contributed by atoms with Crippen molar-refractivity contribution in [3.05, 3.63) is 140 Å². The van der Waals surface area contributed by atoms with E-state index in [0.717, 1.165) is 35.4 Å². The van der Waals surface area contributed by atoms with E-state index in [1.54, 1.807) is 36.9 Å². The molecule has 0 aliphatic heterocycles. The van der Waals surface area contributed by atoms with Crippen LogP contribution in [0.1, 0.15) is 31.8 Å². The standard InChI is InChI=1S/C14H14N4O2.2C7H5NO4/c19-13(17-9-11-3-1-5-15-7-11)14(20)18-10-12-4-2-6-16-8-12;2*9-7(10)5-1-3-6(4-2-5)8(11)12/h1-8H,9-10H2,(H,17,19)(H,18,20);2*1-4H,(H,9,10). The van der Waals surface area contributed by atoms with E-state index in [2.05, 4.69) is 20.6 Å². The van der Waals surface area contributed by atoms with E-state index in [0.29, 0.717) is 0 Å². The van der Waals surface area contributed by atoms with Gasteiger partial charge in [-0.05, 0) is 47.5 Å². The van der Waals surface area contributed by atoms with Crippen molar-refractivity contribution in [1.29, 1.82) is 0 Å². The van der Waals surface area contributed by atoms with Gasteiger partial charge in [0.1, 0.15) is 0 Å². The van der Waals surface area contributed by atoms with Gasteiger partial charge in [-0.1, -0.05) is 12.1 Å². The number of carbonyl (C=O) groups excluding carboxylic acids is 2. The van der Waals surface area contributed by atoms with Crippen LogP contribution in [0.4, 0.5) is 11.4 Å². The summed E-state index contributed by atoms with van der Waals surface area (Å²) in [6.07, 6.45) is 6.56. The number of hydrogen-bond donors (Lipinski definition) is 4. The van der Waals surface area contributed by atoms with Crippen molar-refractivity contribution in [3.8, 4) is 0 Å². The summed E-state index contributed by atoms with van der Waals surface area (Å²) in [6.45, 7) is 0.542. The van der Waals surface area contributed by atoms with Crippen LogP contribution < -0.4 is 10.6 Å². The number of benzene rings is 2. The number of nitrogens with zero attached hydrogens (tertiary/aromatic N) is 4. The highest BCUT2D eigenvalue weighted by Crippen LogP contribution is 2.12. The molecule has 4 N–H and O–H groups in total. The molecule has 2 aromatic carbocycles. The molecule has 0 atom stereocenters. The van der Waals surface area contributed by atoms with Crippen LogP contribution in [-0.2, 0) is 22.7 Å². The van der Waals surface area contributed by atoms with Crippen LogP contribution in [0.25, 0.3) is 0 Å². The first kappa shape index (κ1) is 33.6. The van der Waals surface area contributed by atoms with E-state index in [1.165, 1.54) is 24.3 Å². The van der Waals surface area contributed by atoms with E-state index in [4.69, 9.17) is 10.2 Å². The van der Waals surface area contributed by atoms with Gasteiger partial charge in [-0.3, -0.25) is 39.8 Å². The molecule has 44 heavy (non-hydrogen) atoms. The Morgan fingerprint density at radius 2 is 0.955 bits per heavy atom. The van der Waals surface area contributed by atoms with Gasteiger partial charge in [-0.2, -0.15) is 0 Å². The van der Waals surface area contributed by atoms with E-state index >= 15 is 0 Å². The fourth-order valence-corrected chi connectivity index (χ4v) is 2.98. The van der Waals surface area contributed by atoms with Crippen LogP contribution in [0.15, 0.2) is 97.6 Å². The van der Waals surface area contributed by atoms with Gasteiger partial charge in [-0.15, -0.1) is 0 Å². The molecule has 0 saturated carbocycles. The molecular formula is C28H24N6O10. The fraction of sp³-hybridized carbons (Fsp3) is 0.0714. The summed E-state index contributed by atoms with van der Waals surface area (Å²) in [5.41, 5.74) is 1.53. The van der Waals surface area contributed by atoms with Crippen LogP contribution in [0.2, 0.25) is 0 Å². The second kappa shape index (κ2) is 17.3. The smallest absolute Gasteiger partial charge is 0.335 e. The number of aromatic nitrogens is 2. The van der Waals surface area contributed by atoms with Gasteiger partial charge >= 0.3 is 23.8 Å².